The van der Waals surface area contributed by atoms with Gasteiger partial charge in [0, 0.05) is 23.0 Å². The van der Waals surface area contributed by atoms with Gasteiger partial charge in [-0.15, -0.1) is 11.3 Å². The summed E-state index contributed by atoms with van der Waals surface area (Å²) < 4.78 is 5.80. The number of aryl methyl sites for hydroxylation is 1. The van der Waals surface area contributed by atoms with Crippen molar-refractivity contribution < 1.29 is 9.53 Å². The Hall–Kier alpha value is -1.79. The number of aromatic nitrogens is 2. The molecule has 0 aliphatic carbocycles. The van der Waals surface area contributed by atoms with Crippen LogP contribution < -0.4 is 0 Å². The van der Waals surface area contributed by atoms with Gasteiger partial charge in [0.15, 0.2) is 0 Å². The zero-order chi connectivity index (χ0) is 16.4. The molecule has 1 saturated heterocycles. The van der Waals surface area contributed by atoms with Gasteiger partial charge in [0.2, 0.25) is 0 Å². The molecule has 1 aliphatic rings. The highest BCUT2D eigenvalue weighted by Gasteiger charge is 2.27. The molecule has 3 heterocycles. The van der Waals surface area contributed by atoms with E-state index >= 15 is 0 Å². The molecule has 0 aromatic carbocycles. The Kier molecular flexibility index (Phi) is 4.73. The standard InChI is InChI=1S/C17H21N3O2S/c1-11(2)16-8-13(10-23-16)17(21)20-6-7-22-15(9-20)14-4-5-18-12(3)19-14/h4-5,8,10-11,15H,6-7,9H2,1-3H3. The lowest BCUT2D eigenvalue weighted by atomic mass is 10.1. The second-order valence-electron chi connectivity index (χ2n) is 6.03. The minimum absolute atomic E-state index is 0.0761. The molecule has 3 rings (SSSR count). The van der Waals surface area contributed by atoms with Crippen molar-refractivity contribution in [3.8, 4) is 0 Å². The van der Waals surface area contributed by atoms with E-state index in [0.29, 0.717) is 31.4 Å². The van der Waals surface area contributed by atoms with E-state index in [1.807, 2.05) is 29.3 Å². The average Bonchev–Trinajstić information content (AvgIpc) is 3.04. The maximum Gasteiger partial charge on any atom is 0.254 e. The molecule has 23 heavy (non-hydrogen) atoms. The molecule has 1 fully saturated rings. The van der Waals surface area contributed by atoms with Crippen LogP contribution in [0.3, 0.4) is 0 Å². The monoisotopic (exact) mass is 331 g/mol. The SMILES string of the molecule is Cc1nccc(C2CN(C(=O)c3csc(C(C)C)c3)CCO2)n1. The summed E-state index contributed by atoms with van der Waals surface area (Å²) in [5.74, 6) is 1.24. The Balaban J connectivity index is 1.73. The topological polar surface area (TPSA) is 55.3 Å². The summed E-state index contributed by atoms with van der Waals surface area (Å²) in [6, 6.07) is 3.87. The second kappa shape index (κ2) is 6.76. The molecule has 0 spiro atoms. The van der Waals surface area contributed by atoms with Gasteiger partial charge in [-0.3, -0.25) is 4.79 Å². The van der Waals surface area contributed by atoms with Gasteiger partial charge >= 0.3 is 0 Å². The van der Waals surface area contributed by atoms with Gasteiger partial charge in [-0.1, -0.05) is 13.8 Å². The predicted octanol–water partition coefficient (Wildman–Crippen LogP) is 3.18. The van der Waals surface area contributed by atoms with E-state index in [4.69, 9.17) is 4.74 Å². The van der Waals surface area contributed by atoms with Gasteiger partial charge in [0.25, 0.3) is 5.91 Å². The highest BCUT2D eigenvalue weighted by molar-refractivity contribution is 7.10. The van der Waals surface area contributed by atoms with E-state index < -0.39 is 0 Å². The van der Waals surface area contributed by atoms with Gasteiger partial charge in [-0.05, 0) is 25.0 Å². The van der Waals surface area contributed by atoms with Crippen LogP contribution in [-0.2, 0) is 4.74 Å². The van der Waals surface area contributed by atoms with Crippen molar-refractivity contribution in [1.82, 2.24) is 14.9 Å². The van der Waals surface area contributed by atoms with Crippen molar-refractivity contribution in [2.24, 2.45) is 0 Å². The second-order valence-corrected chi connectivity index (χ2v) is 6.97. The fourth-order valence-electron chi connectivity index (χ4n) is 2.62. The Morgan fingerprint density at radius 1 is 1.48 bits per heavy atom. The van der Waals surface area contributed by atoms with Gasteiger partial charge in [0.1, 0.15) is 11.9 Å². The van der Waals surface area contributed by atoms with Crippen molar-refractivity contribution in [3.63, 3.8) is 0 Å². The third kappa shape index (κ3) is 3.59. The maximum atomic E-state index is 12.7. The van der Waals surface area contributed by atoms with Crippen molar-refractivity contribution in [3.05, 3.63) is 45.7 Å². The average molecular weight is 331 g/mol. The van der Waals surface area contributed by atoms with Gasteiger partial charge in [-0.2, -0.15) is 0 Å². The number of morpholine rings is 1. The van der Waals surface area contributed by atoms with Crippen LogP contribution in [0.5, 0.6) is 0 Å². The maximum absolute atomic E-state index is 12.7. The molecule has 2 aromatic heterocycles. The van der Waals surface area contributed by atoms with Crippen molar-refractivity contribution in [1.29, 1.82) is 0 Å². The van der Waals surface area contributed by atoms with Crippen molar-refractivity contribution >= 4 is 17.2 Å². The van der Waals surface area contributed by atoms with Crippen LogP contribution in [0.25, 0.3) is 0 Å². The first-order valence-corrected chi connectivity index (χ1v) is 8.71. The summed E-state index contributed by atoms with van der Waals surface area (Å²) in [5, 5.41) is 1.96. The number of rotatable bonds is 3. The van der Waals surface area contributed by atoms with Crippen LogP contribution in [0.4, 0.5) is 0 Å². The molecule has 1 atom stereocenters. The fraction of sp³-hybridized carbons (Fsp3) is 0.471. The molecule has 2 aromatic rings. The van der Waals surface area contributed by atoms with Crippen LogP contribution in [-0.4, -0.2) is 40.5 Å². The Morgan fingerprint density at radius 3 is 3.00 bits per heavy atom. The number of carbonyl (C=O) groups excluding carboxylic acids is 1. The molecule has 1 amide bonds. The van der Waals surface area contributed by atoms with E-state index in [1.54, 1.807) is 17.5 Å². The summed E-state index contributed by atoms with van der Waals surface area (Å²) in [6.07, 6.45) is 1.55. The first-order chi connectivity index (χ1) is 11.0. The smallest absolute Gasteiger partial charge is 0.254 e. The van der Waals surface area contributed by atoms with E-state index in [2.05, 4.69) is 23.8 Å². The summed E-state index contributed by atoms with van der Waals surface area (Å²) in [4.78, 5) is 24.4. The molecule has 0 radical (unpaired) electrons. The lowest BCUT2D eigenvalue weighted by Crippen LogP contribution is -2.42. The Bertz CT molecular complexity index is 699. The number of thiophene rings is 1. The molecule has 6 heteroatoms. The summed E-state index contributed by atoms with van der Waals surface area (Å²) >= 11 is 1.65. The third-order valence-corrected chi connectivity index (χ3v) is 5.15. The van der Waals surface area contributed by atoms with Crippen LogP contribution in [0.1, 0.15) is 52.6 Å². The molecule has 122 valence electrons. The van der Waals surface area contributed by atoms with Crippen LogP contribution in [0, 0.1) is 6.92 Å². The molecular weight excluding hydrogens is 310 g/mol. The quantitative estimate of drug-likeness (QED) is 0.867. The molecule has 5 nitrogen and oxygen atoms in total. The first-order valence-electron chi connectivity index (χ1n) is 7.83. The molecule has 1 aliphatic heterocycles. The molecule has 1 unspecified atom stereocenters. The Labute approximate surface area is 140 Å². The lowest BCUT2D eigenvalue weighted by Gasteiger charge is -2.32. The highest BCUT2D eigenvalue weighted by atomic mass is 32.1. The molecule has 0 saturated carbocycles. The number of amides is 1. The summed E-state index contributed by atoms with van der Waals surface area (Å²) in [5.41, 5.74) is 1.61. The lowest BCUT2D eigenvalue weighted by molar-refractivity contribution is -0.0248. The largest absolute Gasteiger partial charge is 0.368 e. The molecule has 0 N–H and O–H groups in total. The zero-order valence-electron chi connectivity index (χ0n) is 13.7. The number of ether oxygens (including phenoxy) is 1. The van der Waals surface area contributed by atoms with E-state index in [9.17, 15) is 4.79 Å². The van der Waals surface area contributed by atoms with Crippen molar-refractivity contribution in [2.75, 3.05) is 19.7 Å². The van der Waals surface area contributed by atoms with Gasteiger partial charge < -0.3 is 9.64 Å². The summed E-state index contributed by atoms with van der Waals surface area (Å²) in [6.45, 7) is 7.81. The number of hydrogen-bond donors (Lipinski definition) is 0. The van der Waals surface area contributed by atoms with Gasteiger partial charge in [-0.25, -0.2) is 9.97 Å². The number of nitrogens with zero attached hydrogens (tertiary/aromatic N) is 3. The third-order valence-electron chi connectivity index (χ3n) is 3.92. The van der Waals surface area contributed by atoms with Crippen molar-refractivity contribution in [2.45, 2.75) is 32.8 Å². The minimum Gasteiger partial charge on any atom is -0.368 e. The predicted molar refractivity (Wildman–Crippen MR) is 89.8 cm³/mol. The van der Waals surface area contributed by atoms with E-state index in [-0.39, 0.29) is 12.0 Å². The number of carbonyl (C=O) groups is 1. The molecular formula is C17H21N3O2S. The van der Waals surface area contributed by atoms with E-state index in [0.717, 1.165) is 11.3 Å². The normalized spacial score (nSPS) is 18.4. The van der Waals surface area contributed by atoms with Gasteiger partial charge in [0.05, 0.1) is 24.4 Å². The van der Waals surface area contributed by atoms with E-state index in [1.165, 1.54) is 4.88 Å². The number of hydrogen-bond acceptors (Lipinski definition) is 5. The highest BCUT2D eigenvalue weighted by Crippen LogP contribution is 2.26. The Morgan fingerprint density at radius 2 is 2.30 bits per heavy atom. The fourth-order valence-corrected chi connectivity index (χ4v) is 3.52. The zero-order valence-corrected chi connectivity index (χ0v) is 14.5. The molecule has 0 bridgehead atoms. The first kappa shape index (κ1) is 16.1. The minimum atomic E-state index is -0.183. The van der Waals surface area contributed by atoms with Crippen LogP contribution >= 0.6 is 11.3 Å². The van der Waals surface area contributed by atoms with Crippen LogP contribution in [0.15, 0.2) is 23.7 Å². The van der Waals surface area contributed by atoms with Crippen LogP contribution in [0.2, 0.25) is 0 Å². The summed E-state index contributed by atoms with van der Waals surface area (Å²) in [7, 11) is 0.